The molecule has 12 heavy (non-hydrogen) atoms. The third-order valence-corrected chi connectivity index (χ3v) is 1.30. The summed E-state index contributed by atoms with van der Waals surface area (Å²) in [7, 11) is 1.36. The number of nitrogens with zero attached hydrogens (tertiary/aromatic N) is 1. The Morgan fingerprint density at radius 3 is 2.67 bits per heavy atom. The minimum Gasteiger partial charge on any atom is -0.469 e. The number of hydrogen-bond donors (Lipinski definition) is 1. The largest absolute Gasteiger partial charge is 0.469 e. The van der Waals surface area contributed by atoms with Gasteiger partial charge in [-0.2, -0.15) is 0 Å². The molecule has 0 rings (SSSR count). The van der Waals surface area contributed by atoms with Gasteiger partial charge in [-0.15, -0.1) is 0 Å². The molecule has 0 aromatic heterocycles. The number of esters is 1. The number of carbonyl (C=O) groups is 1. The molecule has 0 spiro atoms. The Balaban J connectivity index is 3.82. The normalized spacial score (nSPS) is 12.0. The quantitative estimate of drug-likeness (QED) is 0.502. The molecule has 0 aliphatic rings. The fourth-order valence-corrected chi connectivity index (χ4v) is 0.689. The number of allylic oxidation sites excluding steroid dienone is 1. The highest BCUT2D eigenvalue weighted by Gasteiger charge is 2.01. The second-order valence-electron chi connectivity index (χ2n) is 2.12. The lowest BCUT2D eigenvalue weighted by Crippen LogP contribution is -2.00. The molecule has 0 aliphatic heterocycles. The first-order valence-electron chi connectivity index (χ1n) is 3.70. The number of carbonyl (C=O) groups excluding carboxylic acids is 1. The van der Waals surface area contributed by atoms with Crippen molar-refractivity contribution >= 4 is 12.2 Å². The van der Waals surface area contributed by atoms with Gasteiger partial charge >= 0.3 is 5.97 Å². The lowest BCUT2D eigenvalue weighted by atomic mass is 10.2. The molecule has 0 heterocycles. The molecule has 2 N–H and O–H groups in total. The maximum atomic E-state index is 10.7. The molecule has 0 fully saturated rings. The van der Waals surface area contributed by atoms with E-state index in [2.05, 4.69) is 9.73 Å². The van der Waals surface area contributed by atoms with Crippen molar-refractivity contribution in [1.29, 1.82) is 0 Å². The van der Waals surface area contributed by atoms with E-state index in [1.165, 1.54) is 13.3 Å². The minimum absolute atomic E-state index is 0.249. The lowest BCUT2D eigenvalue weighted by Gasteiger charge is -1.98. The molecule has 0 bridgehead atoms. The van der Waals surface area contributed by atoms with Crippen LogP contribution in [0.25, 0.3) is 0 Å². The van der Waals surface area contributed by atoms with Crippen LogP contribution in [0.2, 0.25) is 0 Å². The van der Waals surface area contributed by atoms with Gasteiger partial charge in [-0.05, 0) is 6.92 Å². The van der Waals surface area contributed by atoms with Gasteiger partial charge in [0.25, 0.3) is 0 Å². The first-order chi connectivity index (χ1) is 5.74. The first-order valence-corrected chi connectivity index (χ1v) is 3.70. The Morgan fingerprint density at radius 2 is 2.25 bits per heavy atom. The highest BCUT2D eigenvalue weighted by Crippen LogP contribution is 2.04. The SMILES string of the molecule is CC=N/C(=C\N)CCC(=O)OC. The van der Waals surface area contributed by atoms with Gasteiger partial charge in [0, 0.05) is 18.8 Å². The summed E-state index contributed by atoms with van der Waals surface area (Å²) in [5.41, 5.74) is 5.96. The number of aliphatic imine (C=N–C) groups is 1. The van der Waals surface area contributed by atoms with E-state index in [0.29, 0.717) is 18.5 Å². The molecule has 0 saturated heterocycles. The Labute approximate surface area is 72.1 Å². The second kappa shape index (κ2) is 6.39. The van der Waals surface area contributed by atoms with E-state index in [-0.39, 0.29) is 5.97 Å². The first kappa shape index (κ1) is 10.7. The van der Waals surface area contributed by atoms with Gasteiger partial charge in [0.05, 0.1) is 19.2 Å². The molecule has 68 valence electrons. The predicted octanol–water partition coefficient (Wildman–Crippen LogP) is 0.830. The molecular formula is C8H14N2O2. The molecule has 0 unspecified atom stereocenters. The lowest BCUT2D eigenvalue weighted by molar-refractivity contribution is -0.140. The van der Waals surface area contributed by atoms with Gasteiger partial charge in [0.1, 0.15) is 0 Å². The van der Waals surface area contributed by atoms with Gasteiger partial charge in [-0.3, -0.25) is 9.79 Å². The Morgan fingerprint density at radius 1 is 1.58 bits per heavy atom. The summed E-state index contributed by atoms with van der Waals surface area (Å²) in [5, 5.41) is 0. The van der Waals surface area contributed by atoms with Crippen molar-refractivity contribution in [2.45, 2.75) is 19.8 Å². The molecular weight excluding hydrogens is 156 g/mol. The van der Waals surface area contributed by atoms with E-state index in [9.17, 15) is 4.79 Å². The van der Waals surface area contributed by atoms with Gasteiger partial charge in [0.15, 0.2) is 0 Å². The van der Waals surface area contributed by atoms with Crippen LogP contribution in [-0.4, -0.2) is 19.3 Å². The molecule has 4 nitrogen and oxygen atoms in total. The van der Waals surface area contributed by atoms with Crippen molar-refractivity contribution < 1.29 is 9.53 Å². The molecule has 0 amide bonds. The van der Waals surface area contributed by atoms with Crippen molar-refractivity contribution in [3.63, 3.8) is 0 Å². The zero-order valence-electron chi connectivity index (χ0n) is 7.41. The summed E-state index contributed by atoms with van der Waals surface area (Å²) >= 11 is 0. The van der Waals surface area contributed by atoms with Crippen molar-refractivity contribution in [3.8, 4) is 0 Å². The number of nitrogens with two attached hydrogens (primary N) is 1. The molecule has 0 aromatic rings. The van der Waals surface area contributed by atoms with E-state index >= 15 is 0 Å². The molecule has 0 aromatic carbocycles. The van der Waals surface area contributed by atoms with Crippen molar-refractivity contribution in [1.82, 2.24) is 0 Å². The molecule has 0 aliphatic carbocycles. The third-order valence-electron chi connectivity index (χ3n) is 1.30. The van der Waals surface area contributed by atoms with Gasteiger partial charge in [-0.1, -0.05) is 0 Å². The summed E-state index contributed by atoms with van der Waals surface area (Å²) < 4.78 is 4.46. The topological polar surface area (TPSA) is 64.7 Å². The highest BCUT2D eigenvalue weighted by atomic mass is 16.5. The van der Waals surface area contributed by atoms with Crippen molar-refractivity contribution in [2.75, 3.05) is 7.11 Å². The van der Waals surface area contributed by atoms with Crippen LogP contribution in [-0.2, 0) is 9.53 Å². The van der Waals surface area contributed by atoms with Crippen LogP contribution >= 0.6 is 0 Å². The van der Waals surface area contributed by atoms with E-state index in [1.54, 1.807) is 13.1 Å². The minimum atomic E-state index is -0.249. The van der Waals surface area contributed by atoms with Gasteiger partial charge in [-0.25, -0.2) is 0 Å². The van der Waals surface area contributed by atoms with Crippen LogP contribution in [0.15, 0.2) is 16.9 Å². The molecule has 0 saturated carbocycles. The third kappa shape index (κ3) is 4.49. The van der Waals surface area contributed by atoms with Crippen LogP contribution in [0.4, 0.5) is 0 Å². The summed E-state index contributed by atoms with van der Waals surface area (Å²) in [6.45, 7) is 1.79. The Hall–Kier alpha value is -1.32. The molecule has 0 radical (unpaired) electrons. The van der Waals surface area contributed by atoms with Crippen LogP contribution in [0.5, 0.6) is 0 Å². The summed E-state index contributed by atoms with van der Waals surface area (Å²) in [6.07, 6.45) is 3.86. The van der Waals surface area contributed by atoms with Crippen molar-refractivity contribution in [2.24, 2.45) is 10.7 Å². The zero-order valence-corrected chi connectivity index (χ0v) is 7.41. The highest BCUT2D eigenvalue weighted by molar-refractivity contribution is 5.69. The summed E-state index contributed by atoms with van der Waals surface area (Å²) in [6, 6.07) is 0. The zero-order chi connectivity index (χ0) is 9.40. The smallest absolute Gasteiger partial charge is 0.305 e. The van der Waals surface area contributed by atoms with Crippen molar-refractivity contribution in [3.05, 3.63) is 11.9 Å². The number of methoxy groups -OCH3 is 1. The summed E-state index contributed by atoms with van der Waals surface area (Å²) in [4.78, 5) is 14.6. The monoisotopic (exact) mass is 170 g/mol. The maximum Gasteiger partial charge on any atom is 0.305 e. The van der Waals surface area contributed by atoms with Crippen LogP contribution in [0.1, 0.15) is 19.8 Å². The van der Waals surface area contributed by atoms with Crippen LogP contribution < -0.4 is 5.73 Å². The Bertz CT molecular complexity index is 197. The van der Waals surface area contributed by atoms with E-state index in [1.807, 2.05) is 0 Å². The fraction of sp³-hybridized carbons (Fsp3) is 0.500. The molecule has 0 atom stereocenters. The average molecular weight is 170 g/mol. The molecule has 4 heteroatoms. The van der Waals surface area contributed by atoms with E-state index in [0.717, 1.165) is 0 Å². The van der Waals surface area contributed by atoms with Gasteiger partial charge in [0.2, 0.25) is 0 Å². The summed E-state index contributed by atoms with van der Waals surface area (Å²) in [5.74, 6) is -0.249. The number of ether oxygens (including phenoxy) is 1. The number of hydrogen-bond acceptors (Lipinski definition) is 4. The Kier molecular flexibility index (Phi) is 5.69. The standard InChI is InChI=1S/C8H14N2O2/c1-3-10-7(6-9)4-5-8(11)12-2/h3,6H,4-5,9H2,1-2H3/b7-6-,10-3?. The predicted molar refractivity (Wildman–Crippen MR) is 47.7 cm³/mol. The van der Waals surface area contributed by atoms with E-state index < -0.39 is 0 Å². The van der Waals surface area contributed by atoms with Gasteiger partial charge < -0.3 is 10.5 Å². The number of rotatable bonds is 4. The van der Waals surface area contributed by atoms with E-state index in [4.69, 9.17) is 5.73 Å². The average Bonchev–Trinajstić information content (AvgIpc) is 2.11. The van der Waals surface area contributed by atoms with Crippen LogP contribution in [0.3, 0.4) is 0 Å². The van der Waals surface area contributed by atoms with Crippen LogP contribution in [0, 0.1) is 0 Å². The fourth-order valence-electron chi connectivity index (χ4n) is 0.689. The maximum absolute atomic E-state index is 10.7. The second-order valence-corrected chi connectivity index (χ2v) is 2.12.